The van der Waals surface area contributed by atoms with E-state index in [0.717, 1.165) is 5.76 Å². The van der Waals surface area contributed by atoms with Crippen molar-refractivity contribution in [3.63, 3.8) is 0 Å². The van der Waals surface area contributed by atoms with Gasteiger partial charge in [-0.2, -0.15) is 0 Å². The molecule has 0 saturated carbocycles. The molecule has 1 fully saturated rings. The molecule has 9 heteroatoms. The van der Waals surface area contributed by atoms with Gasteiger partial charge in [-0.05, 0) is 32.9 Å². The maximum atomic E-state index is 12.4. The average molecular weight is 520 g/mol. The lowest BCUT2D eigenvalue weighted by molar-refractivity contribution is 0.0252. The second-order valence-electron chi connectivity index (χ2n) is 7.64. The van der Waals surface area contributed by atoms with Gasteiger partial charge < -0.3 is 29.4 Å². The predicted octanol–water partition coefficient (Wildman–Crippen LogP) is 2.80. The Hall–Kier alpha value is -1.75. The number of carbonyl (C=O) groups excluding carboxylic acids is 1. The van der Waals surface area contributed by atoms with Crippen LogP contribution >= 0.6 is 24.0 Å². The number of halogens is 1. The van der Waals surface area contributed by atoms with Crippen LogP contribution in [-0.2, 0) is 15.9 Å². The second-order valence-corrected chi connectivity index (χ2v) is 7.64. The van der Waals surface area contributed by atoms with Crippen LogP contribution in [-0.4, -0.2) is 68.0 Å². The molecule has 29 heavy (non-hydrogen) atoms. The summed E-state index contributed by atoms with van der Waals surface area (Å²) < 4.78 is 16.4. The molecule has 0 spiro atoms. The average Bonchev–Trinajstić information content (AvgIpc) is 3.27. The number of hydrogen-bond donors (Lipinski definition) is 2. The topological polar surface area (TPSA) is 88.3 Å². The fraction of sp³-hybridized carbons (Fsp3) is 0.600. The third kappa shape index (κ3) is 8.65. The molecule has 1 unspecified atom stereocenters. The Morgan fingerprint density at radius 3 is 2.79 bits per heavy atom. The van der Waals surface area contributed by atoms with Gasteiger partial charge in [0.25, 0.3) is 0 Å². The monoisotopic (exact) mass is 520 g/mol. The zero-order valence-electron chi connectivity index (χ0n) is 17.6. The van der Waals surface area contributed by atoms with E-state index in [0.29, 0.717) is 38.6 Å². The quantitative estimate of drug-likeness (QED) is 0.249. The van der Waals surface area contributed by atoms with Crippen LogP contribution in [0, 0.1) is 0 Å². The van der Waals surface area contributed by atoms with Crippen LogP contribution in [0.1, 0.15) is 26.5 Å². The SMILES string of the molecule is C=CCNC(=NCCc1ccco1)NC1CN(C(=O)OC(C)(C)C)C[C@@H]1OC.I. The van der Waals surface area contributed by atoms with Gasteiger partial charge in [-0.3, -0.25) is 4.99 Å². The standard InChI is InChI=1S/C20H32N4O4.HI/c1-6-10-21-18(22-11-9-15-8-7-12-27-15)23-16-13-24(14-17(16)26-5)19(25)28-20(2,3)4;/h6-8,12,16-17H,1,9-11,13-14H2,2-5H3,(H2,21,22,23);1H/t16?,17-;/m0./s1. The van der Waals surface area contributed by atoms with Crippen molar-refractivity contribution < 1.29 is 18.7 Å². The first-order valence-corrected chi connectivity index (χ1v) is 9.51. The maximum Gasteiger partial charge on any atom is 0.410 e. The van der Waals surface area contributed by atoms with Crippen LogP contribution in [0.2, 0.25) is 0 Å². The van der Waals surface area contributed by atoms with Gasteiger partial charge >= 0.3 is 6.09 Å². The first-order chi connectivity index (χ1) is 13.3. The molecular formula is C20H33IN4O4. The van der Waals surface area contributed by atoms with Gasteiger partial charge in [-0.15, -0.1) is 30.6 Å². The zero-order chi connectivity index (χ0) is 20.6. The molecule has 1 aliphatic heterocycles. The highest BCUT2D eigenvalue weighted by atomic mass is 127. The van der Waals surface area contributed by atoms with Crippen LogP contribution < -0.4 is 10.6 Å². The van der Waals surface area contributed by atoms with Gasteiger partial charge in [0.1, 0.15) is 11.4 Å². The second kappa shape index (κ2) is 12.1. The van der Waals surface area contributed by atoms with Gasteiger partial charge in [-0.25, -0.2) is 4.79 Å². The van der Waals surface area contributed by atoms with Crippen molar-refractivity contribution in [1.29, 1.82) is 0 Å². The first-order valence-electron chi connectivity index (χ1n) is 9.51. The van der Waals surface area contributed by atoms with E-state index in [-0.39, 0.29) is 42.2 Å². The molecule has 2 rings (SSSR count). The molecule has 1 aromatic rings. The van der Waals surface area contributed by atoms with E-state index >= 15 is 0 Å². The van der Waals surface area contributed by atoms with E-state index in [2.05, 4.69) is 22.2 Å². The molecule has 2 atom stereocenters. The molecule has 1 amide bonds. The minimum absolute atomic E-state index is 0. The molecule has 0 radical (unpaired) electrons. The number of nitrogens with zero attached hydrogens (tertiary/aromatic N) is 2. The number of furan rings is 1. The highest BCUT2D eigenvalue weighted by Gasteiger charge is 2.37. The highest BCUT2D eigenvalue weighted by molar-refractivity contribution is 14.0. The molecule has 8 nitrogen and oxygen atoms in total. The molecule has 2 N–H and O–H groups in total. The highest BCUT2D eigenvalue weighted by Crippen LogP contribution is 2.17. The Morgan fingerprint density at radius 1 is 1.45 bits per heavy atom. The molecule has 0 aliphatic carbocycles. The minimum Gasteiger partial charge on any atom is -0.469 e. The number of amides is 1. The number of guanidine groups is 1. The van der Waals surface area contributed by atoms with Crippen LogP contribution in [0.3, 0.4) is 0 Å². The van der Waals surface area contributed by atoms with Crippen molar-refractivity contribution in [1.82, 2.24) is 15.5 Å². The summed E-state index contributed by atoms with van der Waals surface area (Å²) in [5.74, 6) is 1.53. The van der Waals surface area contributed by atoms with Crippen LogP contribution in [0.25, 0.3) is 0 Å². The summed E-state index contributed by atoms with van der Waals surface area (Å²) in [7, 11) is 1.64. The Balaban J connectivity index is 0.00000420. The van der Waals surface area contributed by atoms with E-state index in [1.54, 1.807) is 24.3 Å². The lowest BCUT2D eigenvalue weighted by atomic mass is 10.2. The molecule has 164 valence electrons. The van der Waals surface area contributed by atoms with Crippen LogP contribution in [0.4, 0.5) is 4.79 Å². The number of nitrogens with one attached hydrogen (secondary N) is 2. The number of aliphatic imine (C=N–C) groups is 1. The molecule has 1 aliphatic rings. The third-order valence-corrected chi connectivity index (χ3v) is 4.16. The Bertz CT molecular complexity index is 658. The van der Waals surface area contributed by atoms with Gasteiger partial charge in [0.05, 0.1) is 25.0 Å². The predicted molar refractivity (Wildman–Crippen MR) is 124 cm³/mol. The number of methoxy groups -OCH3 is 1. The summed E-state index contributed by atoms with van der Waals surface area (Å²) in [6.45, 7) is 11.4. The van der Waals surface area contributed by atoms with Gasteiger partial charge in [0, 0.05) is 33.2 Å². The Morgan fingerprint density at radius 2 is 2.21 bits per heavy atom. The smallest absolute Gasteiger partial charge is 0.410 e. The van der Waals surface area contributed by atoms with Crippen molar-refractivity contribution in [3.8, 4) is 0 Å². The Labute approximate surface area is 190 Å². The summed E-state index contributed by atoms with van der Waals surface area (Å²) in [6.07, 6.45) is 3.62. The fourth-order valence-corrected chi connectivity index (χ4v) is 2.86. The molecule has 0 bridgehead atoms. The van der Waals surface area contributed by atoms with Crippen molar-refractivity contribution in [2.24, 2.45) is 4.99 Å². The third-order valence-electron chi connectivity index (χ3n) is 4.16. The largest absolute Gasteiger partial charge is 0.469 e. The molecule has 1 aromatic heterocycles. The van der Waals surface area contributed by atoms with Crippen molar-refractivity contribution in [3.05, 3.63) is 36.8 Å². The summed E-state index contributed by atoms with van der Waals surface area (Å²) in [6, 6.07) is 3.69. The number of hydrogen-bond acceptors (Lipinski definition) is 5. The number of carbonyl (C=O) groups is 1. The van der Waals surface area contributed by atoms with E-state index in [1.165, 1.54) is 0 Å². The Kier molecular flexibility index (Phi) is 10.5. The van der Waals surface area contributed by atoms with E-state index in [9.17, 15) is 4.79 Å². The summed E-state index contributed by atoms with van der Waals surface area (Å²) in [4.78, 5) is 18.6. The lowest BCUT2D eigenvalue weighted by Crippen LogP contribution is -2.49. The lowest BCUT2D eigenvalue weighted by Gasteiger charge is -2.24. The molecule has 1 saturated heterocycles. The van der Waals surface area contributed by atoms with Crippen LogP contribution in [0.15, 0.2) is 40.5 Å². The maximum absolute atomic E-state index is 12.4. The van der Waals surface area contributed by atoms with E-state index in [1.807, 2.05) is 32.9 Å². The van der Waals surface area contributed by atoms with E-state index in [4.69, 9.17) is 13.9 Å². The van der Waals surface area contributed by atoms with Gasteiger partial charge in [0.2, 0.25) is 0 Å². The summed E-state index contributed by atoms with van der Waals surface area (Å²) >= 11 is 0. The number of rotatable bonds is 7. The summed E-state index contributed by atoms with van der Waals surface area (Å²) in [5, 5.41) is 6.57. The fourth-order valence-electron chi connectivity index (χ4n) is 2.86. The molecular weight excluding hydrogens is 487 g/mol. The normalized spacial score (nSPS) is 19.4. The first kappa shape index (κ1) is 25.3. The van der Waals surface area contributed by atoms with Gasteiger partial charge in [-0.1, -0.05) is 6.08 Å². The zero-order valence-corrected chi connectivity index (χ0v) is 20.0. The minimum atomic E-state index is -0.533. The summed E-state index contributed by atoms with van der Waals surface area (Å²) in [5.41, 5.74) is -0.533. The van der Waals surface area contributed by atoms with Crippen molar-refractivity contribution in [2.75, 3.05) is 33.3 Å². The molecule has 2 heterocycles. The van der Waals surface area contributed by atoms with Gasteiger partial charge in [0.15, 0.2) is 5.96 Å². The number of likely N-dealkylation sites (tertiary alicyclic amines) is 1. The van der Waals surface area contributed by atoms with Crippen molar-refractivity contribution in [2.45, 2.75) is 44.9 Å². The number of ether oxygens (including phenoxy) is 2. The van der Waals surface area contributed by atoms with E-state index < -0.39 is 5.60 Å². The molecule has 0 aromatic carbocycles. The van der Waals surface area contributed by atoms with Crippen LogP contribution in [0.5, 0.6) is 0 Å². The van der Waals surface area contributed by atoms with Crippen molar-refractivity contribution >= 4 is 36.0 Å².